The molecule has 0 spiro atoms. The first kappa shape index (κ1) is 17.7. The lowest BCUT2D eigenvalue weighted by molar-refractivity contribution is 0.283. The standard InChI is InChI=1S/C20H19N2O4P/c1-2-26-27(23,24)19-11-15-17(12-21-19)22-16-9-6-10-18(20(15)16)25-13-14-7-4-3-5-8-14/h3-12,22H,2,13H2,1H3,(H,23,24). The first-order valence-corrected chi connectivity index (χ1v) is 10.2. The summed E-state index contributed by atoms with van der Waals surface area (Å²) >= 11 is 0. The summed E-state index contributed by atoms with van der Waals surface area (Å²) in [6, 6.07) is 17.2. The summed E-state index contributed by atoms with van der Waals surface area (Å²) in [5.41, 5.74) is 2.73. The van der Waals surface area contributed by atoms with E-state index in [2.05, 4.69) is 9.97 Å². The second kappa shape index (κ2) is 7.16. The molecular weight excluding hydrogens is 363 g/mol. The van der Waals surface area contributed by atoms with Gasteiger partial charge in [0.05, 0.1) is 23.8 Å². The summed E-state index contributed by atoms with van der Waals surface area (Å²) in [7, 11) is -3.95. The van der Waals surface area contributed by atoms with Gasteiger partial charge in [0.25, 0.3) is 0 Å². The Bertz CT molecular complexity index is 1140. The van der Waals surface area contributed by atoms with E-state index in [-0.39, 0.29) is 12.0 Å². The molecule has 0 aliphatic carbocycles. The molecule has 0 saturated heterocycles. The Balaban J connectivity index is 1.79. The molecule has 0 amide bonds. The quantitative estimate of drug-likeness (QED) is 0.490. The number of benzene rings is 2. The van der Waals surface area contributed by atoms with Gasteiger partial charge < -0.3 is 19.1 Å². The third-order valence-electron chi connectivity index (χ3n) is 4.29. The monoisotopic (exact) mass is 382 g/mol. The van der Waals surface area contributed by atoms with Crippen LogP contribution in [-0.2, 0) is 15.7 Å². The van der Waals surface area contributed by atoms with Gasteiger partial charge in [-0.3, -0.25) is 4.57 Å². The second-order valence-corrected chi connectivity index (χ2v) is 7.86. The van der Waals surface area contributed by atoms with Crippen LogP contribution in [0, 0.1) is 0 Å². The number of rotatable bonds is 6. The van der Waals surface area contributed by atoms with Crippen molar-refractivity contribution in [1.82, 2.24) is 9.97 Å². The van der Waals surface area contributed by atoms with Gasteiger partial charge in [0.1, 0.15) is 12.4 Å². The summed E-state index contributed by atoms with van der Waals surface area (Å²) in [6.45, 7) is 2.23. The van der Waals surface area contributed by atoms with Crippen molar-refractivity contribution in [3.63, 3.8) is 0 Å². The van der Waals surface area contributed by atoms with Crippen LogP contribution >= 0.6 is 7.60 Å². The van der Waals surface area contributed by atoms with Crippen LogP contribution in [0.2, 0.25) is 0 Å². The van der Waals surface area contributed by atoms with Crippen molar-refractivity contribution in [2.24, 2.45) is 0 Å². The Kier molecular flexibility index (Phi) is 4.70. The molecule has 2 heterocycles. The van der Waals surface area contributed by atoms with Gasteiger partial charge >= 0.3 is 7.60 Å². The first-order chi connectivity index (χ1) is 13.1. The predicted octanol–water partition coefficient (Wildman–Crippen LogP) is 4.14. The fourth-order valence-corrected chi connectivity index (χ4v) is 4.04. The average Bonchev–Trinajstić information content (AvgIpc) is 3.05. The number of nitrogens with one attached hydrogen (secondary N) is 1. The molecule has 138 valence electrons. The van der Waals surface area contributed by atoms with E-state index in [1.807, 2.05) is 48.5 Å². The zero-order valence-corrected chi connectivity index (χ0v) is 15.6. The Hall–Kier alpha value is -2.66. The van der Waals surface area contributed by atoms with Crippen molar-refractivity contribution in [2.45, 2.75) is 13.5 Å². The molecule has 6 nitrogen and oxygen atoms in total. The van der Waals surface area contributed by atoms with Crippen LogP contribution in [0.25, 0.3) is 21.8 Å². The topological polar surface area (TPSA) is 84.4 Å². The summed E-state index contributed by atoms with van der Waals surface area (Å²) in [6.07, 6.45) is 1.55. The van der Waals surface area contributed by atoms with Crippen molar-refractivity contribution in [2.75, 3.05) is 6.61 Å². The molecule has 0 saturated carbocycles. The number of aromatic amines is 1. The Morgan fingerprint density at radius 1 is 1.11 bits per heavy atom. The third kappa shape index (κ3) is 3.47. The van der Waals surface area contributed by atoms with Crippen molar-refractivity contribution in [3.8, 4) is 5.75 Å². The molecule has 0 aliphatic heterocycles. The maximum absolute atomic E-state index is 12.3. The van der Waals surface area contributed by atoms with Crippen molar-refractivity contribution in [1.29, 1.82) is 0 Å². The van der Waals surface area contributed by atoms with Gasteiger partial charge in [-0.1, -0.05) is 36.4 Å². The fraction of sp³-hybridized carbons (Fsp3) is 0.150. The van der Waals surface area contributed by atoms with Gasteiger partial charge in [-0.25, -0.2) is 4.98 Å². The summed E-state index contributed by atoms with van der Waals surface area (Å²) < 4.78 is 23.4. The number of H-pyrrole nitrogens is 1. The third-order valence-corrected chi connectivity index (χ3v) is 5.72. The Labute approximate surface area is 156 Å². The van der Waals surface area contributed by atoms with Crippen molar-refractivity contribution in [3.05, 3.63) is 66.4 Å². The maximum Gasteiger partial charge on any atom is 0.376 e. The van der Waals surface area contributed by atoms with Crippen LogP contribution in [0.5, 0.6) is 5.75 Å². The predicted molar refractivity (Wildman–Crippen MR) is 105 cm³/mol. The van der Waals surface area contributed by atoms with E-state index in [1.165, 1.54) is 0 Å². The highest BCUT2D eigenvalue weighted by Gasteiger charge is 2.25. The van der Waals surface area contributed by atoms with Gasteiger partial charge in [0, 0.05) is 10.8 Å². The molecule has 2 aromatic heterocycles. The average molecular weight is 382 g/mol. The van der Waals surface area contributed by atoms with E-state index in [0.29, 0.717) is 12.4 Å². The van der Waals surface area contributed by atoms with Crippen LogP contribution in [0.3, 0.4) is 0 Å². The highest BCUT2D eigenvalue weighted by Crippen LogP contribution is 2.41. The second-order valence-electron chi connectivity index (χ2n) is 6.10. The molecule has 1 unspecified atom stereocenters. The normalized spacial score (nSPS) is 13.7. The lowest BCUT2D eigenvalue weighted by Crippen LogP contribution is -2.11. The molecule has 0 fully saturated rings. The SMILES string of the molecule is CCOP(=O)(O)c1cc2c(cn1)[nH]c1cccc(OCc3ccccc3)c12. The number of pyridine rings is 1. The Morgan fingerprint density at radius 3 is 2.70 bits per heavy atom. The van der Waals surface area contributed by atoms with Gasteiger partial charge in [0.15, 0.2) is 5.44 Å². The van der Waals surface area contributed by atoms with E-state index in [4.69, 9.17) is 9.26 Å². The summed E-state index contributed by atoms with van der Waals surface area (Å²) in [5, 5.41) is 1.62. The van der Waals surface area contributed by atoms with Crippen LogP contribution in [0.4, 0.5) is 0 Å². The lowest BCUT2D eigenvalue weighted by atomic mass is 10.1. The van der Waals surface area contributed by atoms with Crippen molar-refractivity contribution < 1.29 is 18.7 Å². The molecular formula is C20H19N2O4P. The number of hydrogen-bond donors (Lipinski definition) is 2. The zero-order valence-electron chi connectivity index (χ0n) is 14.8. The molecule has 2 aromatic carbocycles. The van der Waals surface area contributed by atoms with E-state index in [9.17, 15) is 9.46 Å². The Morgan fingerprint density at radius 2 is 1.93 bits per heavy atom. The van der Waals surface area contributed by atoms with Gasteiger partial charge in [-0.2, -0.15) is 0 Å². The van der Waals surface area contributed by atoms with E-state index >= 15 is 0 Å². The lowest BCUT2D eigenvalue weighted by Gasteiger charge is -2.10. The molecule has 4 aromatic rings. The van der Waals surface area contributed by atoms with Gasteiger partial charge in [-0.15, -0.1) is 0 Å². The van der Waals surface area contributed by atoms with Crippen LogP contribution < -0.4 is 10.2 Å². The maximum atomic E-state index is 12.3. The highest BCUT2D eigenvalue weighted by atomic mass is 31.2. The fourth-order valence-electron chi connectivity index (χ4n) is 3.06. The molecule has 27 heavy (non-hydrogen) atoms. The molecule has 2 N–H and O–H groups in total. The van der Waals surface area contributed by atoms with Crippen molar-refractivity contribution >= 4 is 34.8 Å². The molecule has 4 rings (SSSR count). The molecule has 0 bridgehead atoms. The molecule has 7 heteroatoms. The van der Waals surface area contributed by atoms with Crippen LogP contribution in [0.1, 0.15) is 12.5 Å². The number of nitrogens with zero attached hydrogens (tertiary/aromatic N) is 1. The summed E-state index contributed by atoms with van der Waals surface area (Å²) in [4.78, 5) is 17.5. The van der Waals surface area contributed by atoms with E-state index in [0.717, 1.165) is 27.4 Å². The number of aromatic nitrogens is 2. The number of ether oxygens (including phenoxy) is 1. The van der Waals surface area contributed by atoms with E-state index < -0.39 is 7.60 Å². The minimum absolute atomic E-state index is 0.0237. The largest absolute Gasteiger partial charge is 0.488 e. The number of fused-ring (bicyclic) bond motifs is 3. The van der Waals surface area contributed by atoms with Crippen LogP contribution in [0.15, 0.2) is 60.8 Å². The minimum Gasteiger partial charge on any atom is -0.488 e. The van der Waals surface area contributed by atoms with Crippen LogP contribution in [-0.4, -0.2) is 21.5 Å². The summed E-state index contributed by atoms with van der Waals surface area (Å²) in [5.74, 6) is 0.698. The smallest absolute Gasteiger partial charge is 0.376 e. The first-order valence-electron chi connectivity index (χ1n) is 8.63. The molecule has 0 aliphatic rings. The highest BCUT2D eigenvalue weighted by molar-refractivity contribution is 7.61. The molecule has 0 radical (unpaired) electrons. The zero-order chi connectivity index (χ0) is 18.9. The van der Waals surface area contributed by atoms with Gasteiger partial charge in [0.2, 0.25) is 0 Å². The minimum atomic E-state index is -3.95. The molecule has 1 atom stereocenters. The van der Waals surface area contributed by atoms with E-state index in [1.54, 1.807) is 19.2 Å². The number of hydrogen-bond acceptors (Lipinski definition) is 4. The van der Waals surface area contributed by atoms with Gasteiger partial charge in [-0.05, 0) is 30.7 Å².